The second-order valence-electron chi connectivity index (χ2n) is 4.24. The molecule has 3 N–H and O–H groups in total. The van der Waals surface area contributed by atoms with Gasteiger partial charge in [0.2, 0.25) is 0 Å². The van der Waals surface area contributed by atoms with E-state index >= 15 is 0 Å². The van der Waals surface area contributed by atoms with Crippen molar-refractivity contribution in [2.45, 2.75) is 45.1 Å². The van der Waals surface area contributed by atoms with E-state index in [1.807, 2.05) is 6.92 Å². The van der Waals surface area contributed by atoms with E-state index in [0.29, 0.717) is 19.6 Å². The Balaban J connectivity index is 2.67. The lowest BCUT2D eigenvalue weighted by Gasteiger charge is -2.27. The highest BCUT2D eigenvalue weighted by Gasteiger charge is 2.30. The van der Waals surface area contributed by atoms with Crippen LogP contribution in [0.2, 0.25) is 0 Å². The molecule has 0 heterocycles. The summed E-state index contributed by atoms with van der Waals surface area (Å²) in [6.45, 7) is 3.24. The lowest BCUT2D eigenvalue weighted by molar-refractivity contribution is 0.324. The molecule has 0 aliphatic heterocycles. The maximum absolute atomic E-state index is 12.0. The van der Waals surface area contributed by atoms with Crippen molar-refractivity contribution in [3.63, 3.8) is 0 Å². The summed E-state index contributed by atoms with van der Waals surface area (Å²) in [6.07, 6.45) is 4.98. The van der Waals surface area contributed by atoms with Gasteiger partial charge in [-0.05, 0) is 19.3 Å². The highest BCUT2D eigenvalue weighted by Crippen LogP contribution is 2.24. The summed E-state index contributed by atoms with van der Waals surface area (Å²) in [5.41, 5.74) is 5.49. The van der Waals surface area contributed by atoms with Crippen LogP contribution in [0, 0.1) is 0 Å². The number of rotatable bonds is 7. The van der Waals surface area contributed by atoms with Gasteiger partial charge >= 0.3 is 0 Å². The highest BCUT2D eigenvalue weighted by molar-refractivity contribution is 7.87. The first-order valence-corrected chi connectivity index (χ1v) is 7.52. The van der Waals surface area contributed by atoms with Gasteiger partial charge in [0.1, 0.15) is 0 Å². The molecule has 1 saturated carbocycles. The van der Waals surface area contributed by atoms with Crippen molar-refractivity contribution in [2.75, 3.05) is 19.6 Å². The molecule has 0 saturated heterocycles. The van der Waals surface area contributed by atoms with Crippen LogP contribution in [-0.4, -0.2) is 38.4 Å². The third-order valence-corrected chi connectivity index (χ3v) is 4.59. The van der Waals surface area contributed by atoms with Crippen LogP contribution in [0.15, 0.2) is 0 Å². The Bertz CT molecular complexity index is 286. The molecular weight excluding hydrogens is 226 g/mol. The Kier molecular flexibility index (Phi) is 5.68. The van der Waals surface area contributed by atoms with Gasteiger partial charge in [-0.1, -0.05) is 19.8 Å². The van der Waals surface area contributed by atoms with Crippen molar-refractivity contribution in [3.05, 3.63) is 0 Å². The van der Waals surface area contributed by atoms with Crippen LogP contribution < -0.4 is 10.5 Å². The Labute approximate surface area is 98.6 Å². The zero-order valence-electron chi connectivity index (χ0n) is 9.98. The van der Waals surface area contributed by atoms with Crippen LogP contribution in [0.1, 0.15) is 39.0 Å². The van der Waals surface area contributed by atoms with E-state index in [0.717, 1.165) is 32.1 Å². The standard InChI is InChI=1S/C10H23N3O2S/c1-2-8-12-16(14,15)13(9-7-11)10-5-3-4-6-10/h10,12H,2-9,11H2,1H3. The summed E-state index contributed by atoms with van der Waals surface area (Å²) in [5.74, 6) is 0. The van der Waals surface area contributed by atoms with E-state index < -0.39 is 10.2 Å². The lowest BCUT2D eigenvalue weighted by atomic mass is 10.2. The van der Waals surface area contributed by atoms with Crippen molar-refractivity contribution in [1.82, 2.24) is 9.03 Å². The molecule has 0 aromatic carbocycles. The number of nitrogens with one attached hydrogen (secondary N) is 1. The van der Waals surface area contributed by atoms with E-state index in [4.69, 9.17) is 5.73 Å². The number of hydrogen-bond acceptors (Lipinski definition) is 3. The number of nitrogens with two attached hydrogens (primary N) is 1. The molecule has 1 aliphatic carbocycles. The monoisotopic (exact) mass is 249 g/mol. The summed E-state index contributed by atoms with van der Waals surface area (Å²) in [5, 5.41) is 0. The molecule has 6 heteroatoms. The van der Waals surface area contributed by atoms with Gasteiger partial charge < -0.3 is 5.73 Å². The van der Waals surface area contributed by atoms with Crippen LogP contribution in [0.5, 0.6) is 0 Å². The average Bonchev–Trinajstić information content (AvgIpc) is 2.76. The molecule has 0 aromatic rings. The van der Waals surface area contributed by atoms with Gasteiger partial charge in [-0.3, -0.25) is 0 Å². The fourth-order valence-electron chi connectivity index (χ4n) is 2.13. The summed E-state index contributed by atoms with van der Waals surface area (Å²) in [4.78, 5) is 0. The second-order valence-corrected chi connectivity index (χ2v) is 5.94. The van der Waals surface area contributed by atoms with Gasteiger partial charge in [-0.15, -0.1) is 0 Å². The molecule has 0 bridgehead atoms. The van der Waals surface area contributed by atoms with Crippen LogP contribution in [0.3, 0.4) is 0 Å². The maximum atomic E-state index is 12.0. The predicted molar refractivity (Wildman–Crippen MR) is 65.2 cm³/mol. The summed E-state index contributed by atoms with van der Waals surface area (Å²) < 4.78 is 28.2. The molecule has 1 aliphatic rings. The third-order valence-electron chi connectivity index (χ3n) is 2.92. The van der Waals surface area contributed by atoms with Crippen LogP contribution in [0.4, 0.5) is 0 Å². The van der Waals surface area contributed by atoms with E-state index in [-0.39, 0.29) is 6.04 Å². The SMILES string of the molecule is CCCNS(=O)(=O)N(CCN)C1CCCC1. The minimum absolute atomic E-state index is 0.151. The average molecular weight is 249 g/mol. The molecular formula is C10H23N3O2S. The quantitative estimate of drug-likeness (QED) is 0.687. The Hall–Kier alpha value is -0.170. The zero-order valence-corrected chi connectivity index (χ0v) is 10.8. The van der Waals surface area contributed by atoms with E-state index in [2.05, 4.69) is 4.72 Å². The van der Waals surface area contributed by atoms with Crippen molar-refractivity contribution in [1.29, 1.82) is 0 Å². The van der Waals surface area contributed by atoms with E-state index in [1.54, 1.807) is 4.31 Å². The highest BCUT2D eigenvalue weighted by atomic mass is 32.2. The van der Waals surface area contributed by atoms with Gasteiger partial charge in [0.25, 0.3) is 10.2 Å². The van der Waals surface area contributed by atoms with Crippen molar-refractivity contribution in [2.24, 2.45) is 5.73 Å². The summed E-state index contributed by atoms with van der Waals surface area (Å²) >= 11 is 0. The van der Waals surface area contributed by atoms with Crippen LogP contribution in [0.25, 0.3) is 0 Å². The van der Waals surface area contributed by atoms with Crippen molar-refractivity contribution < 1.29 is 8.42 Å². The molecule has 0 amide bonds. The van der Waals surface area contributed by atoms with Crippen LogP contribution >= 0.6 is 0 Å². The molecule has 0 aromatic heterocycles. The second kappa shape index (κ2) is 6.54. The molecule has 1 fully saturated rings. The zero-order chi connectivity index (χ0) is 12.0. The largest absolute Gasteiger partial charge is 0.329 e. The molecule has 96 valence electrons. The van der Waals surface area contributed by atoms with Gasteiger partial charge in [-0.25, -0.2) is 4.72 Å². The van der Waals surface area contributed by atoms with Gasteiger partial charge in [0.15, 0.2) is 0 Å². The fourth-order valence-corrected chi connectivity index (χ4v) is 3.71. The Morgan fingerprint density at radius 3 is 2.50 bits per heavy atom. The smallest absolute Gasteiger partial charge is 0.279 e. The predicted octanol–water partition coefficient (Wildman–Crippen LogP) is 0.434. The third kappa shape index (κ3) is 3.69. The van der Waals surface area contributed by atoms with Crippen molar-refractivity contribution >= 4 is 10.2 Å². The van der Waals surface area contributed by atoms with Gasteiger partial charge in [0.05, 0.1) is 0 Å². The minimum Gasteiger partial charge on any atom is -0.329 e. The minimum atomic E-state index is -3.33. The Morgan fingerprint density at radius 1 is 1.38 bits per heavy atom. The van der Waals surface area contributed by atoms with E-state index in [9.17, 15) is 8.42 Å². The molecule has 0 atom stereocenters. The lowest BCUT2D eigenvalue weighted by Crippen LogP contribution is -2.47. The summed E-state index contributed by atoms with van der Waals surface area (Å²) in [6, 6.07) is 0.151. The fraction of sp³-hybridized carbons (Fsp3) is 1.00. The maximum Gasteiger partial charge on any atom is 0.279 e. The van der Waals surface area contributed by atoms with Gasteiger partial charge in [0, 0.05) is 25.7 Å². The van der Waals surface area contributed by atoms with E-state index in [1.165, 1.54) is 0 Å². The molecule has 0 spiro atoms. The van der Waals surface area contributed by atoms with Crippen molar-refractivity contribution in [3.8, 4) is 0 Å². The summed E-state index contributed by atoms with van der Waals surface area (Å²) in [7, 11) is -3.33. The first-order chi connectivity index (χ1) is 7.61. The molecule has 5 nitrogen and oxygen atoms in total. The Morgan fingerprint density at radius 2 is 2.00 bits per heavy atom. The normalized spacial score (nSPS) is 18.4. The molecule has 0 radical (unpaired) electrons. The molecule has 1 rings (SSSR count). The molecule has 16 heavy (non-hydrogen) atoms. The first kappa shape index (κ1) is 13.9. The molecule has 0 unspecified atom stereocenters. The number of hydrogen-bond donors (Lipinski definition) is 2. The van der Waals surface area contributed by atoms with Crippen LogP contribution in [-0.2, 0) is 10.2 Å². The topological polar surface area (TPSA) is 75.4 Å². The number of nitrogens with zero attached hydrogens (tertiary/aromatic N) is 1. The first-order valence-electron chi connectivity index (χ1n) is 6.08. The van der Waals surface area contributed by atoms with Gasteiger partial charge in [-0.2, -0.15) is 12.7 Å².